The predicted octanol–water partition coefficient (Wildman–Crippen LogP) is 3.69. The Hall–Kier alpha value is -2.93. The summed E-state index contributed by atoms with van der Waals surface area (Å²) >= 11 is 6.14. The summed E-state index contributed by atoms with van der Waals surface area (Å²) in [5.41, 5.74) is 0.670. The van der Waals surface area contributed by atoms with E-state index >= 15 is 0 Å². The first-order valence-corrected chi connectivity index (χ1v) is 9.20. The number of para-hydroxylation sites is 2. The molecule has 3 rings (SSSR count). The van der Waals surface area contributed by atoms with Crippen LogP contribution in [0.3, 0.4) is 0 Å². The quantitative estimate of drug-likeness (QED) is 0.738. The largest absolute Gasteiger partial charge is 0.492 e. The fraction of sp³-hybridized carbons (Fsp3) is 0.300. The van der Waals surface area contributed by atoms with Crippen LogP contribution in [-0.2, 0) is 9.53 Å². The lowest BCUT2D eigenvalue weighted by atomic mass is 10.2. The fourth-order valence-corrected chi connectivity index (χ4v) is 2.86. The Morgan fingerprint density at radius 1 is 1.21 bits per heavy atom. The summed E-state index contributed by atoms with van der Waals surface area (Å²) in [6, 6.07) is 9.93. The Labute approximate surface area is 167 Å². The fourth-order valence-electron chi connectivity index (χ4n) is 2.60. The molecule has 0 aliphatic carbocycles. The van der Waals surface area contributed by atoms with E-state index in [1.54, 1.807) is 24.3 Å². The van der Waals surface area contributed by atoms with Crippen LogP contribution in [0.2, 0.25) is 5.02 Å². The predicted molar refractivity (Wildman–Crippen MR) is 104 cm³/mol. The molecule has 0 fully saturated rings. The molecule has 0 unspecified atom stereocenters. The summed E-state index contributed by atoms with van der Waals surface area (Å²) in [6.45, 7) is 4.54. The van der Waals surface area contributed by atoms with Crippen molar-refractivity contribution >= 4 is 29.2 Å². The van der Waals surface area contributed by atoms with Gasteiger partial charge in [0.05, 0.1) is 22.9 Å². The van der Waals surface area contributed by atoms with Gasteiger partial charge in [0.25, 0.3) is 5.91 Å². The number of carbonyl (C=O) groups excluding carboxylic acids is 2. The second-order valence-electron chi connectivity index (χ2n) is 5.95. The molecule has 148 valence electrons. The van der Waals surface area contributed by atoms with Gasteiger partial charge in [-0.25, -0.2) is 4.79 Å². The van der Waals surface area contributed by atoms with Gasteiger partial charge in [-0.05, 0) is 38.1 Å². The smallest absolute Gasteiger partial charge is 0.339 e. The average molecular weight is 406 g/mol. The molecule has 0 aromatic heterocycles. The molecular weight excluding hydrogens is 386 g/mol. The van der Waals surface area contributed by atoms with Crippen LogP contribution in [0.5, 0.6) is 17.2 Å². The molecule has 2 aromatic rings. The van der Waals surface area contributed by atoms with Crippen LogP contribution in [0.25, 0.3) is 0 Å². The van der Waals surface area contributed by atoms with Gasteiger partial charge in [-0.15, -0.1) is 0 Å². The number of carbonyl (C=O) groups is 2. The van der Waals surface area contributed by atoms with Gasteiger partial charge in [0.1, 0.15) is 19.0 Å². The molecule has 1 aliphatic rings. The van der Waals surface area contributed by atoms with Crippen molar-refractivity contribution in [1.82, 2.24) is 0 Å². The minimum absolute atomic E-state index is 0.170. The van der Waals surface area contributed by atoms with E-state index in [4.69, 9.17) is 30.5 Å². The summed E-state index contributed by atoms with van der Waals surface area (Å²) in [6.07, 6.45) is -1.03. The van der Waals surface area contributed by atoms with E-state index in [1.807, 2.05) is 6.92 Å². The third-order valence-corrected chi connectivity index (χ3v) is 4.21. The first-order chi connectivity index (χ1) is 13.5. The van der Waals surface area contributed by atoms with Gasteiger partial charge < -0.3 is 24.3 Å². The molecule has 2 aromatic carbocycles. The number of ether oxygens (including phenoxy) is 4. The van der Waals surface area contributed by atoms with Gasteiger partial charge in [0.2, 0.25) is 0 Å². The molecule has 1 heterocycles. The highest BCUT2D eigenvalue weighted by Crippen LogP contribution is 2.38. The van der Waals surface area contributed by atoms with Crippen molar-refractivity contribution < 1.29 is 28.5 Å². The normalized spacial score (nSPS) is 13.4. The Balaban J connectivity index is 1.67. The van der Waals surface area contributed by atoms with Crippen molar-refractivity contribution in [3.05, 3.63) is 47.0 Å². The van der Waals surface area contributed by atoms with E-state index in [9.17, 15) is 9.59 Å². The molecule has 1 atom stereocenters. The molecule has 1 aliphatic heterocycles. The number of halogens is 1. The first kappa shape index (κ1) is 19.8. The van der Waals surface area contributed by atoms with Crippen molar-refractivity contribution in [2.75, 3.05) is 25.1 Å². The molecule has 8 heteroatoms. The summed E-state index contributed by atoms with van der Waals surface area (Å²) in [5.74, 6) is 0.121. The number of amides is 1. The summed E-state index contributed by atoms with van der Waals surface area (Å²) in [4.78, 5) is 24.9. The molecule has 28 heavy (non-hydrogen) atoms. The van der Waals surface area contributed by atoms with Gasteiger partial charge in [0.15, 0.2) is 17.6 Å². The molecule has 0 radical (unpaired) electrons. The number of hydrogen-bond donors (Lipinski definition) is 1. The number of rotatable bonds is 6. The average Bonchev–Trinajstić information content (AvgIpc) is 2.69. The lowest BCUT2D eigenvalue weighted by Gasteiger charge is -2.20. The van der Waals surface area contributed by atoms with E-state index in [2.05, 4.69) is 5.32 Å². The van der Waals surface area contributed by atoms with E-state index in [-0.39, 0.29) is 10.6 Å². The Morgan fingerprint density at radius 3 is 2.75 bits per heavy atom. The van der Waals surface area contributed by atoms with Crippen molar-refractivity contribution in [3.63, 3.8) is 0 Å². The van der Waals surface area contributed by atoms with Crippen LogP contribution in [0.15, 0.2) is 36.4 Å². The van der Waals surface area contributed by atoms with Crippen LogP contribution < -0.4 is 19.5 Å². The van der Waals surface area contributed by atoms with Crippen LogP contribution in [-0.4, -0.2) is 37.8 Å². The third-order valence-electron chi connectivity index (χ3n) is 3.93. The SMILES string of the molecule is CCOc1ccccc1NC(=O)[C@@H](C)OC(=O)c1cc(Cl)c2c(c1)OCCO2. The number of benzene rings is 2. The lowest BCUT2D eigenvalue weighted by molar-refractivity contribution is -0.123. The molecule has 1 N–H and O–H groups in total. The zero-order chi connectivity index (χ0) is 20.1. The standard InChI is InChI=1S/C20H20ClNO6/c1-3-25-16-7-5-4-6-15(16)22-19(23)12(2)28-20(24)13-10-14(21)18-17(11-13)26-8-9-27-18/h4-7,10-12H,3,8-9H2,1-2H3,(H,22,23)/t12-/m1/s1. The van der Waals surface area contributed by atoms with E-state index in [0.717, 1.165) is 0 Å². The van der Waals surface area contributed by atoms with Gasteiger partial charge >= 0.3 is 5.97 Å². The Bertz CT molecular complexity index is 885. The molecule has 1 amide bonds. The van der Waals surface area contributed by atoms with E-state index in [0.29, 0.717) is 42.8 Å². The van der Waals surface area contributed by atoms with Gasteiger partial charge in [0, 0.05) is 0 Å². The summed E-state index contributed by atoms with van der Waals surface area (Å²) in [5, 5.41) is 2.94. The first-order valence-electron chi connectivity index (χ1n) is 8.82. The highest BCUT2D eigenvalue weighted by atomic mass is 35.5. The molecule has 0 bridgehead atoms. The summed E-state index contributed by atoms with van der Waals surface area (Å²) in [7, 11) is 0. The molecule has 0 saturated heterocycles. The van der Waals surface area contributed by atoms with Crippen molar-refractivity contribution in [1.29, 1.82) is 0 Å². The third kappa shape index (κ3) is 4.48. The zero-order valence-electron chi connectivity index (χ0n) is 15.5. The maximum atomic E-state index is 12.4. The van der Waals surface area contributed by atoms with Gasteiger partial charge in [-0.1, -0.05) is 23.7 Å². The minimum atomic E-state index is -1.03. The van der Waals surface area contributed by atoms with Crippen LogP contribution in [0, 0.1) is 0 Å². The van der Waals surface area contributed by atoms with Gasteiger partial charge in [-0.2, -0.15) is 0 Å². The molecule has 0 saturated carbocycles. The number of fused-ring (bicyclic) bond motifs is 1. The number of nitrogens with one attached hydrogen (secondary N) is 1. The second-order valence-corrected chi connectivity index (χ2v) is 6.36. The van der Waals surface area contributed by atoms with E-state index in [1.165, 1.54) is 19.1 Å². The topological polar surface area (TPSA) is 83.1 Å². The molecule has 0 spiro atoms. The maximum Gasteiger partial charge on any atom is 0.339 e. The summed E-state index contributed by atoms with van der Waals surface area (Å²) < 4.78 is 21.6. The number of esters is 1. The van der Waals surface area contributed by atoms with Crippen LogP contribution >= 0.6 is 11.6 Å². The highest BCUT2D eigenvalue weighted by molar-refractivity contribution is 6.32. The van der Waals surface area contributed by atoms with Crippen LogP contribution in [0.1, 0.15) is 24.2 Å². The Kier molecular flexibility index (Phi) is 6.26. The minimum Gasteiger partial charge on any atom is -0.492 e. The monoisotopic (exact) mass is 405 g/mol. The lowest BCUT2D eigenvalue weighted by Crippen LogP contribution is -2.30. The van der Waals surface area contributed by atoms with Crippen LogP contribution in [0.4, 0.5) is 5.69 Å². The van der Waals surface area contributed by atoms with Crippen molar-refractivity contribution in [2.24, 2.45) is 0 Å². The zero-order valence-corrected chi connectivity index (χ0v) is 16.2. The Morgan fingerprint density at radius 2 is 1.96 bits per heavy atom. The van der Waals surface area contributed by atoms with Gasteiger partial charge in [-0.3, -0.25) is 4.79 Å². The molecule has 7 nitrogen and oxygen atoms in total. The van der Waals surface area contributed by atoms with Crippen molar-refractivity contribution in [2.45, 2.75) is 20.0 Å². The van der Waals surface area contributed by atoms with E-state index < -0.39 is 18.0 Å². The van der Waals surface area contributed by atoms with Crippen molar-refractivity contribution in [3.8, 4) is 17.2 Å². The second kappa shape index (κ2) is 8.84. The molecular formula is C20H20ClNO6. The maximum absolute atomic E-state index is 12.4. The number of anilines is 1. The highest BCUT2D eigenvalue weighted by Gasteiger charge is 2.23. The number of hydrogen-bond acceptors (Lipinski definition) is 6.